The van der Waals surface area contributed by atoms with E-state index >= 15 is 0 Å². The predicted octanol–water partition coefficient (Wildman–Crippen LogP) is 5.74. The van der Waals surface area contributed by atoms with Crippen molar-refractivity contribution in [2.75, 3.05) is 26.2 Å². The van der Waals surface area contributed by atoms with Gasteiger partial charge in [-0.2, -0.15) is 5.10 Å². The lowest BCUT2D eigenvalue weighted by Crippen LogP contribution is -2.46. The first-order valence-corrected chi connectivity index (χ1v) is 11.6. The summed E-state index contributed by atoms with van der Waals surface area (Å²) in [6.07, 6.45) is 2.98. The molecular weight excluding hydrogens is 410 g/mol. The highest BCUT2D eigenvalue weighted by Gasteiger charge is 2.29. The quantitative estimate of drug-likeness (QED) is 0.491. The molecule has 3 nitrogen and oxygen atoms in total. The van der Waals surface area contributed by atoms with Crippen molar-refractivity contribution in [3.8, 4) is 0 Å². The highest BCUT2D eigenvalue weighted by atomic mass is 35.5. The van der Waals surface area contributed by atoms with Gasteiger partial charge in [0.05, 0.1) is 6.21 Å². The summed E-state index contributed by atoms with van der Waals surface area (Å²) in [6.45, 7) is 3.86. The lowest BCUT2D eigenvalue weighted by atomic mass is 9.97. The number of hydrazone groups is 1. The molecule has 1 saturated heterocycles. The van der Waals surface area contributed by atoms with Crippen LogP contribution in [0.25, 0.3) is 0 Å². The Hall–Kier alpha value is -2.27. The van der Waals surface area contributed by atoms with Crippen molar-refractivity contribution >= 4 is 29.6 Å². The highest BCUT2D eigenvalue weighted by Crippen LogP contribution is 2.43. The van der Waals surface area contributed by atoms with E-state index in [1.165, 1.54) is 20.9 Å². The Balaban J connectivity index is 1.35. The van der Waals surface area contributed by atoms with Crippen LogP contribution in [-0.4, -0.2) is 42.3 Å². The van der Waals surface area contributed by atoms with Crippen LogP contribution in [0.5, 0.6) is 0 Å². The molecule has 0 spiro atoms. The molecule has 3 aromatic rings. The maximum atomic E-state index is 6.41. The molecule has 2 aliphatic heterocycles. The van der Waals surface area contributed by atoms with Gasteiger partial charge in [0.1, 0.15) is 0 Å². The molecule has 1 fully saturated rings. The van der Waals surface area contributed by atoms with E-state index in [1.54, 1.807) is 0 Å². The molecule has 5 rings (SSSR count). The molecule has 2 heterocycles. The molecule has 0 aromatic heterocycles. The van der Waals surface area contributed by atoms with E-state index in [0.717, 1.165) is 43.2 Å². The second-order valence-corrected chi connectivity index (χ2v) is 9.28. The van der Waals surface area contributed by atoms with E-state index in [2.05, 4.69) is 58.4 Å². The normalized spacial score (nSPS) is 19.4. The Morgan fingerprint density at radius 2 is 1.63 bits per heavy atom. The Morgan fingerprint density at radius 3 is 2.47 bits per heavy atom. The third kappa shape index (κ3) is 4.27. The molecule has 0 unspecified atom stereocenters. The largest absolute Gasteiger partial charge is 0.294 e. The van der Waals surface area contributed by atoms with Gasteiger partial charge in [0.15, 0.2) is 0 Å². The van der Waals surface area contributed by atoms with E-state index < -0.39 is 0 Å². The van der Waals surface area contributed by atoms with Gasteiger partial charge in [0, 0.05) is 47.0 Å². The summed E-state index contributed by atoms with van der Waals surface area (Å²) in [7, 11) is 0. The first-order valence-electron chi connectivity index (χ1n) is 10.4. The summed E-state index contributed by atoms with van der Waals surface area (Å²) in [6, 6.07) is 25.8. The van der Waals surface area contributed by atoms with E-state index in [4.69, 9.17) is 16.7 Å². The predicted molar refractivity (Wildman–Crippen MR) is 126 cm³/mol. The molecular formula is C25H24ClN3S. The van der Waals surface area contributed by atoms with Gasteiger partial charge in [-0.1, -0.05) is 71.9 Å². The molecule has 0 N–H and O–H groups in total. The van der Waals surface area contributed by atoms with Crippen LogP contribution in [0, 0.1) is 0 Å². The lowest BCUT2D eigenvalue weighted by Gasteiger charge is -2.38. The summed E-state index contributed by atoms with van der Waals surface area (Å²) in [5.41, 5.74) is 3.91. The number of halogens is 1. The molecule has 5 heteroatoms. The minimum absolute atomic E-state index is 0.343. The summed E-state index contributed by atoms with van der Waals surface area (Å²) >= 11 is 8.28. The summed E-state index contributed by atoms with van der Waals surface area (Å²) in [5.74, 6) is 0. The molecule has 0 radical (unpaired) electrons. The average molecular weight is 434 g/mol. The van der Waals surface area contributed by atoms with E-state index in [1.807, 2.05) is 42.2 Å². The fourth-order valence-corrected chi connectivity index (χ4v) is 5.53. The van der Waals surface area contributed by atoms with Crippen LogP contribution < -0.4 is 0 Å². The van der Waals surface area contributed by atoms with E-state index in [9.17, 15) is 0 Å². The fraction of sp³-hybridized carbons (Fsp3) is 0.240. The van der Waals surface area contributed by atoms with Gasteiger partial charge >= 0.3 is 0 Å². The second-order valence-electron chi connectivity index (χ2n) is 7.76. The van der Waals surface area contributed by atoms with Gasteiger partial charge in [0.25, 0.3) is 0 Å². The molecule has 0 aliphatic carbocycles. The van der Waals surface area contributed by atoms with Crippen molar-refractivity contribution in [2.24, 2.45) is 5.10 Å². The molecule has 0 saturated carbocycles. The number of benzene rings is 3. The van der Waals surface area contributed by atoms with Crippen molar-refractivity contribution in [1.82, 2.24) is 9.91 Å². The Morgan fingerprint density at radius 1 is 0.867 bits per heavy atom. The van der Waals surface area contributed by atoms with Crippen LogP contribution in [0.1, 0.15) is 22.7 Å². The van der Waals surface area contributed by atoms with Crippen LogP contribution in [0.4, 0.5) is 0 Å². The number of fused-ring (bicyclic) bond motifs is 2. The van der Waals surface area contributed by atoms with E-state index in [0.29, 0.717) is 6.04 Å². The van der Waals surface area contributed by atoms with Crippen LogP contribution in [-0.2, 0) is 6.42 Å². The van der Waals surface area contributed by atoms with Crippen molar-refractivity contribution in [3.63, 3.8) is 0 Å². The summed E-state index contributed by atoms with van der Waals surface area (Å²) < 4.78 is 0. The summed E-state index contributed by atoms with van der Waals surface area (Å²) in [5, 5.41) is 7.70. The van der Waals surface area contributed by atoms with Crippen LogP contribution in [0.2, 0.25) is 5.02 Å². The number of piperazine rings is 1. The standard InChI is InChI=1S/C25H24ClN3S/c26-21-10-11-25-22(17-21)23(16-20-8-4-5-9-24(20)30-25)28-12-14-29(15-13-28)27-18-19-6-2-1-3-7-19/h1-11,17-18,23H,12-16H2/t23-/m1/s1. The maximum absolute atomic E-state index is 6.41. The molecule has 30 heavy (non-hydrogen) atoms. The number of hydrogen-bond donors (Lipinski definition) is 0. The molecule has 3 aromatic carbocycles. The van der Waals surface area contributed by atoms with Gasteiger partial charge in [-0.3, -0.25) is 9.91 Å². The zero-order valence-electron chi connectivity index (χ0n) is 16.7. The third-order valence-corrected chi connectivity index (χ3v) is 7.28. The minimum atomic E-state index is 0.343. The van der Waals surface area contributed by atoms with Crippen LogP contribution >= 0.6 is 23.4 Å². The van der Waals surface area contributed by atoms with Gasteiger partial charge in [-0.25, -0.2) is 0 Å². The Bertz CT molecular complexity index is 1050. The van der Waals surface area contributed by atoms with Crippen LogP contribution in [0.3, 0.4) is 0 Å². The monoisotopic (exact) mass is 433 g/mol. The zero-order valence-corrected chi connectivity index (χ0v) is 18.3. The zero-order chi connectivity index (χ0) is 20.3. The first-order chi connectivity index (χ1) is 14.8. The van der Waals surface area contributed by atoms with E-state index in [-0.39, 0.29) is 0 Å². The van der Waals surface area contributed by atoms with Crippen molar-refractivity contribution < 1.29 is 0 Å². The first kappa shape index (κ1) is 19.7. The topological polar surface area (TPSA) is 18.8 Å². The van der Waals surface area contributed by atoms with Gasteiger partial charge in [-0.15, -0.1) is 0 Å². The molecule has 0 bridgehead atoms. The van der Waals surface area contributed by atoms with Crippen molar-refractivity contribution in [1.29, 1.82) is 0 Å². The van der Waals surface area contributed by atoms with Crippen molar-refractivity contribution in [3.05, 3.63) is 94.5 Å². The average Bonchev–Trinajstić information content (AvgIpc) is 2.95. The SMILES string of the molecule is Clc1ccc2c(c1)[C@H](N1CCN(N=Cc3ccccc3)CC1)Cc1ccccc1S2. The second kappa shape index (κ2) is 8.84. The molecule has 2 aliphatic rings. The maximum Gasteiger partial charge on any atom is 0.0542 e. The van der Waals surface area contributed by atoms with Crippen LogP contribution in [0.15, 0.2) is 87.7 Å². The van der Waals surface area contributed by atoms with Crippen molar-refractivity contribution in [2.45, 2.75) is 22.3 Å². The smallest absolute Gasteiger partial charge is 0.0542 e. The van der Waals surface area contributed by atoms with Gasteiger partial charge < -0.3 is 0 Å². The molecule has 152 valence electrons. The summed E-state index contributed by atoms with van der Waals surface area (Å²) in [4.78, 5) is 5.28. The fourth-order valence-electron chi connectivity index (χ4n) is 4.23. The van der Waals surface area contributed by atoms with Gasteiger partial charge in [-0.05, 0) is 47.4 Å². The number of rotatable bonds is 3. The van der Waals surface area contributed by atoms with Gasteiger partial charge in [0.2, 0.25) is 0 Å². The number of nitrogens with zero attached hydrogens (tertiary/aromatic N) is 3. The minimum Gasteiger partial charge on any atom is -0.294 e. The third-order valence-electron chi connectivity index (χ3n) is 5.84. The molecule has 1 atom stereocenters. The highest BCUT2D eigenvalue weighted by molar-refractivity contribution is 7.99. The number of hydrogen-bond acceptors (Lipinski definition) is 4. The Kier molecular flexibility index (Phi) is 5.80. The lowest BCUT2D eigenvalue weighted by molar-refractivity contribution is 0.0971. The molecule has 0 amide bonds. The Labute approximate surface area is 187 Å².